The second-order valence-corrected chi connectivity index (χ2v) is 6.41. The Morgan fingerprint density at radius 3 is 2.65 bits per heavy atom. The van der Waals surface area contributed by atoms with Gasteiger partial charge in [-0.2, -0.15) is 11.8 Å². The maximum absolute atomic E-state index is 11.5. The van der Waals surface area contributed by atoms with Gasteiger partial charge in [-0.05, 0) is 50.5 Å². The second-order valence-electron chi connectivity index (χ2n) is 5.18. The van der Waals surface area contributed by atoms with E-state index in [1.807, 2.05) is 18.7 Å². The van der Waals surface area contributed by atoms with Crippen molar-refractivity contribution in [2.24, 2.45) is 5.73 Å². The number of hydrogen-bond donors (Lipinski definition) is 2. The minimum absolute atomic E-state index is 0.203. The van der Waals surface area contributed by atoms with Crippen LogP contribution in [0.15, 0.2) is 0 Å². The summed E-state index contributed by atoms with van der Waals surface area (Å²) >= 11 is 2.00. The Hall–Kier alpha value is -0.220. The molecule has 1 fully saturated rings. The Labute approximate surface area is 109 Å². The lowest BCUT2D eigenvalue weighted by Crippen LogP contribution is -2.53. The van der Waals surface area contributed by atoms with E-state index in [9.17, 15) is 4.79 Å². The molecule has 0 bridgehead atoms. The molecule has 3 nitrogen and oxygen atoms in total. The average Bonchev–Trinajstić information content (AvgIpc) is 3.07. The highest BCUT2D eigenvalue weighted by molar-refractivity contribution is 7.99. The lowest BCUT2D eigenvalue weighted by atomic mass is 9.94. The molecule has 0 aromatic carbocycles. The largest absolute Gasteiger partial charge is 0.368 e. The molecule has 1 aliphatic carbocycles. The number of thioether (sulfide) groups is 1. The molecule has 1 saturated carbocycles. The van der Waals surface area contributed by atoms with Crippen molar-refractivity contribution in [3.05, 3.63) is 0 Å². The Balaban J connectivity index is 2.17. The monoisotopic (exact) mass is 258 g/mol. The molecule has 1 unspecified atom stereocenters. The van der Waals surface area contributed by atoms with Gasteiger partial charge >= 0.3 is 0 Å². The van der Waals surface area contributed by atoms with Gasteiger partial charge in [0.15, 0.2) is 0 Å². The van der Waals surface area contributed by atoms with Crippen molar-refractivity contribution in [2.45, 2.75) is 64.0 Å². The summed E-state index contributed by atoms with van der Waals surface area (Å²) < 4.78 is 0. The fourth-order valence-corrected chi connectivity index (χ4v) is 2.77. The second kappa shape index (κ2) is 7.27. The average molecular weight is 258 g/mol. The topological polar surface area (TPSA) is 55.1 Å². The molecule has 0 aliphatic heterocycles. The summed E-state index contributed by atoms with van der Waals surface area (Å²) in [5.41, 5.74) is 5.01. The maximum Gasteiger partial charge on any atom is 0.237 e. The van der Waals surface area contributed by atoms with Crippen molar-refractivity contribution in [3.8, 4) is 0 Å². The van der Waals surface area contributed by atoms with Gasteiger partial charge in [-0.15, -0.1) is 0 Å². The predicted molar refractivity (Wildman–Crippen MR) is 75.2 cm³/mol. The van der Waals surface area contributed by atoms with Gasteiger partial charge in [0.05, 0.1) is 5.54 Å². The summed E-state index contributed by atoms with van der Waals surface area (Å²) in [6.45, 7) is 4.16. The lowest BCUT2D eigenvalue weighted by molar-refractivity contribution is -0.124. The number of nitrogens with one attached hydrogen (secondary N) is 1. The smallest absolute Gasteiger partial charge is 0.237 e. The van der Waals surface area contributed by atoms with Crippen LogP contribution in [0.1, 0.15) is 52.4 Å². The molecule has 17 heavy (non-hydrogen) atoms. The van der Waals surface area contributed by atoms with Crippen molar-refractivity contribution in [1.82, 2.24) is 5.32 Å². The van der Waals surface area contributed by atoms with Crippen molar-refractivity contribution < 1.29 is 4.79 Å². The molecule has 1 atom stereocenters. The predicted octanol–water partition coefficient (Wildman–Crippen LogP) is 2.30. The highest BCUT2D eigenvalue weighted by Gasteiger charge is 2.36. The number of amides is 1. The first-order chi connectivity index (χ1) is 8.08. The highest BCUT2D eigenvalue weighted by atomic mass is 32.2. The molecule has 0 aromatic rings. The fourth-order valence-electron chi connectivity index (χ4n) is 1.87. The summed E-state index contributed by atoms with van der Waals surface area (Å²) in [7, 11) is 0. The molecule has 3 N–H and O–H groups in total. The van der Waals surface area contributed by atoms with Gasteiger partial charge in [0.2, 0.25) is 5.91 Å². The number of primary amides is 1. The molecule has 1 aliphatic rings. The zero-order chi connectivity index (χ0) is 12.7. The van der Waals surface area contributed by atoms with Gasteiger partial charge in [-0.3, -0.25) is 4.79 Å². The number of carbonyl (C=O) groups is 1. The van der Waals surface area contributed by atoms with Crippen LogP contribution in [0.2, 0.25) is 0 Å². The van der Waals surface area contributed by atoms with E-state index in [1.165, 1.54) is 37.2 Å². The van der Waals surface area contributed by atoms with E-state index in [0.717, 1.165) is 12.8 Å². The summed E-state index contributed by atoms with van der Waals surface area (Å²) in [5, 5.41) is 3.39. The molecule has 0 spiro atoms. The van der Waals surface area contributed by atoms with Crippen molar-refractivity contribution >= 4 is 17.7 Å². The molecular weight excluding hydrogens is 232 g/mol. The molecule has 4 heteroatoms. The zero-order valence-corrected chi connectivity index (χ0v) is 11.9. The molecular formula is C13H26N2OS. The van der Waals surface area contributed by atoms with E-state index in [-0.39, 0.29) is 5.91 Å². The summed E-state index contributed by atoms with van der Waals surface area (Å²) in [5.74, 6) is 2.24. The summed E-state index contributed by atoms with van der Waals surface area (Å²) in [6, 6.07) is 0.530. The summed E-state index contributed by atoms with van der Waals surface area (Å²) in [6.07, 6.45) is 6.75. The molecule has 0 heterocycles. The van der Waals surface area contributed by atoms with Crippen LogP contribution in [0.5, 0.6) is 0 Å². The molecule has 0 radical (unpaired) electrons. The van der Waals surface area contributed by atoms with Crippen LogP contribution >= 0.6 is 11.8 Å². The Bertz CT molecular complexity index is 244. The number of unbranched alkanes of at least 4 members (excludes halogenated alkanes) is 1. The Morgan fingerprint density at radius 1 is 1.41 bits per heavy atom. The van der Waals surface area contributed by atoms with Gasteiger partial charge in [-0.25, -0.2) is 0 Å². The van der Waals surface area contributed by atoms with Gasteiger partial charge in [0.1, 0.15) is 0 Å². The van der Waals surface area contributed by atoms with Crippen LogP contribution in [-0.2, 0) is 4.79 Å². The standard InChI is InChI=1S/C13H26N2OS/c1-3-9-17-10-5-4-8-13(2,12(14)16)15-11-6-7-11/h11,15H,3-10H2,1-2H3,(H2,14,16). The van der Waals surface area contributed by atoms with E-state index in [1.54, 1.807) is 0 Å². The third-order valence-electron chi connectivity index (χ3n) is 3.21. The van der Waals surface area contributed by atoms with Crippen LogP contribution in [0.3, 0.4) is 0 Å². The first-order valence-corrected chi connectivity index (χ1v) is 7.89. The third kappa shape index (κ3) is 5.77. The van der Waals surface area contributed by atoms with E-state index >= 15 is 0 Å². The van der Waals surface area contributed by atoms with Crippen LogP contribution in [0, 0.1) is 0 Å². The molecule has 100 valence electrons. The SMILES string of the molecule is CCCSCCCCC(C)(NC1CC1)C(N)=O. The van der Waals surface area contributed by atoms with Gasteiger partial charge < -0.3 is 11.1 Å². The number of nitrogens with two attached hydrogens (primary N) is 1. The molecule has 0 aromatic heterocycles. The molecule has 0 saturated heterocycles. The van der Waals surface area contributed by atoms with Crippen LogP contribution in [0.4, 0.5) is 0 Å². The molecule has 1 amide bonds. The number of carbonyl (C=O) groups excluding carboxylic acids is 1. The molecule has 1 rings (SSSR count). The minimum atomic E-state index is -0.489. The van der Waals surface area contributed by atoms with Gasteiger partial charge in [-0.1, -0.05) is 13.3 Å². The Morgan fingerprint density at radius 2 is 2.12 bits per heavy atom. The quantitative estimate of drug-likeness (QED) is 0.591. The van der Waals surface area contributed by atoms with Crippen molar-refractivity contribution in [3.63, 3.8) is 0 Å². The van der Waals surface area contributed by atoms with Crippen LogP contribution in [0.25, 0.3) is 0 Å². The van der Waals surface area contributed by atoms with E-state index in [0.29, 0.717) is 6.04 Å². The number of hydrogen-bond acceptors (Lipinski definition) is 3. The van der Waals surface area contributed by atoms with Crippen molar-refractivity contribution in [1.29, 1.82) is 0 Å². The van der Waals surface area contributed by atoms with Crippen LogP contribution < -0.4 is 11.1 Å². The normalized spacial score (nSPS) is 18.9. The van der Waals surface area contributed by atoms with Gasteiger partial charge in [0.25, 0.3) is 0 Å². The number of rotatable bonds is 10. The third-order valence-corrected chi connectivity index (χ3v) is 4.48. The summed E-state index contributed by atoms with van der Waals surface area (Å²) in [4.78, 5) is 11.5. The van der Waals surface area contributed by atoms with E-state index < -0.39 is 5.54 Å². The zero-order valence-electron chi connectivity index (χ0n) is 11.1. The van der Waals surface area contributed by atoms with E-state index in [4.69, 9.17) is 5.73 Å². The maximum atomic E-state index is 11.5. The van der Waals surface area contributed by atoms with E-state index in [2.05, 4.69) is 12.2 Å². The Kier molecular flexibility index (Phi) is 6.34. The fraction of sp³-hybridized carbons (Fsp3) is 0.923. The van der Waals surface area contributed by atoms with Crippen molar-refractivity contribution in [2.75, 3.05) is 11.5 Å². The lowest BCUT2D eigenvalue weighted by Gasteiger charge is -2.27. The first kappa shape index (κ1) is 14.8. The highest BCUT2D eigenvalue weighted by Crippen LogP contribution is 2.25. The minimum Gasteiger partial charge on any atom is -0.368 e. The van der Waals surface area contributed by atoms with Gasteiger partial charge in [0, 0.05) is 6.04 Å². The first-order valence-electron chi connectivity index (χ1n) is 6.74. The van der Waals surface area contributed by atoms with Crippen LogP contribution in [-0.4, -0.2) is 29.0 Å².